The molecule has 1 aromatic carbocycles. The predicted molar refractivity (Wildman–Crippen MR) is 100 cm³/mol. The molecule has 4 rings (SSSR count). The first-order valence-corrected chi connectivity index (χ1v) is 9.18. The largest absolute Gasteiger partial charge is 0.464 e. The van der Waals surface area contributed by atoms with E-state index in [1.54, 1.807) is 4.68 Å². The van der Waals surface area contributed by atoms with Gasteiger partial charge in [0.05, 0.1) is 31.7 Å². The number of rotatable bonds is 5. The van der Waals surface area contributed by atoms with Gasteiger partial charge in [-0.1, -0.05) is 28.1 Å². The average molecular weight is 398 g/mol. The van der Waals surface area contributed by atoms with E-state index in [2.05, 4.69) is 25.4 Å². The molecule has 152 valence electrons. The van der Waals surface area contributed by atoms with Crippen LogP contribution in [0.1, 0.15) is 41.7 Å². The molecular weight excluding hydrogens is 376 g/mol. The van der Waals surface area contributed by atoms with Crippen molar-refractivity contribution in [1.82, 2.24) is 30.0 Å². The van der Waals surface area contributed by atoms with Crippen LogP contribution in [0.3, 0.4) is 0 Å². The van der Waals surface area contributed by atoms with Gasteiger partial charge in [-0.05, 0) is 32.9 Å². The molecule has 0 saturated carbocycles. The van der Waals surface area contributed by atoms with Crippen molar-refractivity contribution in [2.24, 2.45) is 0 Å². The summed E-state index contributed by atoms with van der Waals surface area (Å²) in [6, 6.07) is 7.98. The van der Waals surface area contributed by atoms with Crippen LogP contribution < -0.4 is 0 Å². The van der Waals surface area contributed by atoms with Crippen molar-refractivity contribution in [1.29, 1.82) is 0 Å². The summed E-state index contributed by atoms with van der Waals surface area (Å²) in [6.45, 7) is 6.04. The lowest BCUT2D eigenvalue weighted by Gasteiger charge is -2.16. The molecule has 3 aromatic rings. The minimum atomic E-state index is -0.797. The van der Waals surface area contributed by atoms with E-state index in [9.17, 15) is 4.79 Å². The number of carbonyl (C=O) groups is 1. The molecule has 0 N–H and O–H groups in total. The van der Waals surface area contributed by atoms with E-state index in [0.717, 1.165) is 5.69 Å². The molecule has 2 atom stereocenters. The Morgan fingerprint density at radius 3 is 2.62 bits per heavy atom. The molecule has 29 heavy (non-hydrogen) atoms. The van der Waals surface area contributed by atoms with E-state index >= 15 is 0 Å². The van der Waals surface area contributed by atoms with Gasteiger partial charge in [-0.2, -0.15) is 0 Å². The third-order valence-corrected chi connectivity index (χ3v) is 4.58. The summed E-state index contributed by atoms with van der Waals surface area (Å²) in [5, 5.41) is 16.3. The van der Waals surface area contributed by atoms with Crippen LogP contribution in [-0.4, -0.2) is 55.0 Å². The number of nitrogens with zero attached hydrogens (tertiary/aromatic N) is 6. The molecule has 0 spiro atoms. The Kier molecular flexibility index (Phi) is 4.89. The van der Waals surface area contributed by atoms with Crippen molar-refractivity contribution < 1.29 is 19.0 Å². The molecular formula is C19H22N6O4. The molecule has 10 nitrogen and oxygen atoms in total. The fourth-order valence-electron chi connectivity index (χ4n) is 3.22. The Bertz CT molecular complexity index is 1010. The van der Waals surface area contributed by atoms with Gasteiger partial charge in [-0.3, -0.25) is 0 Å². The highest BCUT2D eigenvalue weighted by Crippen LogP contribution is 2.38. The fourth-order valence-corrected chi connectivity index (χ4v) is 3.22. The van der Waals surface area contributed by atoms with E-state index in [1.807, 2.05) is 51.2 Å². The van der Waals surface area contributed by atoms with Gasteiger partial charge in [0.15, 0.2) is 11.5 Å². The van der Waals surface area contributed by atoms with Crippen LogP contribution in [0.4, 0.5) is 0 Å². The Morgan fingerprint density at radius 1 is 1.14 bits per heavy atom. The maximum atomic E-state index is 11.6. The average Bonchev–Trinajstić information content (AvgIpc) is 3.41. The van der Waals surface area contributed by atoms with Crippen LogP contribution in [0.5, 0.6) is 0 Å². The molecule has 0 unspecified atom stereocenters. The molecule has 0 bridgehead atoms. The smallest absolute Gasteiger partial charge is 0.360 e. The van der Waals surface area contributed by atoms with E-state index in [0.29, 0.717) is 12.2 Å². The molecule has 0 aliphatic carbocycles. The Labute approximate surface area is 167 Å². The first-order chi connectivity index (χ1) is 13.8. The molecule has 1 aliphatic heterocycles. The molecule has 0 radical (unpaired) electrons. The lowest BCUT2D eigenvalue weighted by Crippen LogP contribution is -2.25. The summed E-state index contributed by atoms with van der Waals surface area (Å²) >= 11 is 0. The molecule has 1 fully saturated rings. The van der Waals surface area contributed by atoms with Gasteiger partial charge in [-0.15, -0.1) is 10.2 Å². The van der Waals surface area contributed by atoms with Gasteiger partial charge in [0.2, 0.25) is 0 Å². The van der Waals surface area contributed by atoms with E-state index < -0.39 is 17.9 Å². The zero-order valence-corrected chi connectivity index (χ0v) is 16.6. The highest BCUT2D eigenvalue weighted by atomic mass is 16.8. The Hall–Kier alpha value is -3.11. The van der Waals surface area contributed by atoms with E-state index in [-0.39, 0.29) is 11.8 Å². The highest BCUT2D eigenvalue weighted by Gasteiger charge is 2.44. The van der Waals surface area contributed by atoms with Crippen LogP contribution in [0.25, 0.3) is 5.69 Å². The maximum absolute atomic E-state index is 11.6. The normalized spacial score (nSPS) is 20.7. The van der Waals surface area contributed by atoms with Crippen molar-refractivity contribution in [3.8, 4) is 5.69 Å². The number of aryl methyl sites for hydroxylation is 1. The van der Waals surface area contributed by atoms with Crippen LogP contribution in [-0.2, 0) is 20.8 Å². The van der Waals surface area contributed by atoms with Gasteiger partial charge < -0.3 is 14.2 Å². The number of hydrogen-bond donors (Lipinski definition) is 0. The number of carbonyl (C=O) groups excluding carboxylic acids is 1. The standard InChI is InChI=1S/C19H22N6O4/c1-12-5-7-13(8-6-12)25-10-14(20-23-25)17-16(28-19(2,3)29-17)11-24-9-15(21-22-24)18(26)27-4/h5-10,16-17H,11H2,1-4H3/t16-,17+/m0/s1. The summed E-state index contributed by atoms with van der Waals surface area (Å²) < 4.78 is 20.0. The van der Waals surface area contributed by atoms with Gasteiger partial charge in [0.1, 0.15) is 17.9 Å². The number of aromatic nitrogens is 6. The van der Waals surface area contributed by atoms with Crippen LogP contribution in [0.2, 0.25) is 0 Å². The summed E-state index contributed by atoms with van der Waals surface area (Å²) in [6.07, 6.45) is 2.50. The number of benzene rings is 1. The van der Waals surface area contributed by atoms with Gasteiger partial charge in [0.25, 0.3) is 0 Å². The summed E-state index contributed by atoms with van der Waals surface area (Å²) in [4.78, 5) is 11.6. The molecule has 2 aromatic heterocycles. The molecule has 3 heterocycles. The summed E-state index contributed by atoms with van der Waals surface area (Å²) in [5.74, 6) is -1.34. The second-order valence-electron chi connectivity index (χ2n) is 7.34. The van der Waals surface area contributed by atoms with Crippen molar-refractivity contribution in [3.05, 3.63) is 53.6 Å². The van der Waals surface area contributed by atoms with Crippen LogP contribution in [0.15, 0.2) is 36.7 Å². The zero-order valence-electron chi connectivity index (χ0n) is 16.6. The summed E-state index contributed by atoms with van der Waals surface area (Å²) in [7, 11) is 1.30. The van der Waals surface area contributed by atoms with Gasteiger partial charge in [-0.25, -0.2) is 14.2 Å². The highest BCUT2D eigenvalue weighted by molar-refractivity contribution is 5.86. The lowest BCUT2D eigenvalue weighted by molar-refractivity contribution is -0.148. The summed E-state index contributed by atoms with van der Waals surface area (Å²) in [5.41, 5.74) is 2.85. The third-order valence-electron chi connectivity index (χ3n) is 4.58. The van der Waals surface area contributed by atoms with Gasteiger partial charge >= 0.3 is 5.97 Å². The Balaban J connectivity index is 1.56. The van der Waals surface area contributed by atoms with Gasteiger partial charge in [0, 0.05) is 0 Å². The number of methoxy groups -OCH3 is 1. The minimum absolute atomic E-state index is 0.132. The maximum Gasteiger partial charge on any atom is 0.360 e. The Morgan fingerprint density at radius 2 is 1.90 bits per heavy atom. The first-order valence-electron chi connectivity index (χ1n) is 9.18. The predicted octanol–water partition coefficient (Wildman–Crippen LogP) is 1.85. The molecule has 1 saturated heterocycles. The monoisotopic (exact) mass is 398 g/mol. The quantitative estimate of drug-likeness (QED) is 0.600. The van der Waals surface area contributed by atoms with Crippen molar-refractivity contribution >= 4 is 5.97 Å². The molecule has 10 heteroatoms. The minimum Gasteiger partial charge on any atom is -0.464 e. The van der Waals surface area contributed by atoms with Crippen molar-refractivity contribution in [2.75, 3.05) is 7.11 Å². The van der Waals surface area contributed by atoms with E-state index in [1.165, 1.54) is 23.6 Å². The zero-order chi connectivity index (χ0) is 20.6. The second-order valence-corrected chi connectivity index (χ2v) is 7.34. The van der Waals surface area contributed by atoms with E-state index in [4.69, 9.17) is 9.47 Å². The van der Waals surface area contributed by atoms with Crippen LogP contribution in [0, 0.1) is 6.92 Å². The second kappa shape index (κ2) is 7.37. The molecule has 1 aliphatic rings. The van der Waals surface area contributed by atoms with Crippen LogP contribution >= 0.6 is 0 Å². The lowest BCUT2D eigenvalue weighted by atomic mass is 10.1. The first kappa shape index (κ1) is 19.2. The topological polar surface area (TPSA) is 106 Å². The molecule has 0 amide bonds. The third kappa shape index (κ3) is 4.03. The van der Waals surface area contributed by atoms with Crippen molar-refractivity contribution in [2.45, 2.75) is 45.3 Å². The SMILES string of the molecule is COC(=O)c1cn(C[C@@H]2OC(C)(C)O[C@@H]2c2cn(-c3ccc(C)cc3)nn2)nn1. The fraction of sp³-hybridized carbons (Fsp3) is 0.421. The van der Waals surface area contributed by atoms with Crippen molar-refractivity contribution in [3.63, 3.8) is 0 Å². The number of hydrogen-bond acceptors (Lipinski definition) is 8. The number of esters is 1. The number of ether oxygens (including phenoxy) is 3.